The maximum Gasteiger partial charge on any atom is 0.192 e. The van der Waals surface area contributed by atoms with E-state index in [2.05, 4.69) is 33.9 Å². The van der Waals surface area contributed by atoms with Crippen LogP contribution in [0.25, 0.3) is 0 Å². The summed E-state index contributed by atoms with van der Waals surface area (Å²) in [5.41, 5.74) is 0. The van der Waals surface area contributed by atoms with Crippen molar-refractivity contribution in [2.24, 2.45) is 5.92 Å². The van der Waals surface area contributed by atoms with E-state index in [0.717, 1.165) is 6.42 Å². The molecule has 0 radical (unpaired) electrons. The second-order valence-electron chi connectivity index (χ2n) is 8.26. The van der Waals surface area contributed by atoms with E-state index in [4.69, 9.17) is 13.9 Å². The summed E-state index contributed by atoms with van der Waals surface area (Å²) in [6, 6.07) is 0. The number of hydrogen-bond donors (Lipinski definition) is 1. The molecule has 0 saturated carbocycles. The lowest BCUT2D eigenvalue weighted by atomic mass is 9.98. The van der Waals surface area contributed by atoms with E-state index in [0.29, 0.717) is 6.61 Å². The van der Waals surface area contributed by atoms with Crippen LogP contribution in [0.4, 0.5) is 0 Å². The van der Waals surface area contributed by atoms with Crippen molar-refractivity contribution in [1.29, 1.82) is 0 Å². The molecule has 0 spiro atoms. The Bertz CT molecular complexity index is 336. The highest BCUT2D eigenvalue weighted by molar-refractivity contribution is 6.74. The lowest BCUT2D eigenvalue weighted by molar-refractivity contribution is -0.311. The van der Waals surface area contributed by atoms with Crippen LogP contribution in [0.2, 0.25) is 18.1 Å². The van der Waals surface area contributed by atoms with E-state index in [1.807, 2.05) is 20.8 Å². The highest BCUT2D eigenvalue weighted by Gasteiger charge is 2.41. The van der Waals surface area contributed by atoms with Gasteiger partial charge in [0.15, 0.2) is 14.1 Å². The van der Waals surface area contributed by atoms with E-state index in [9.17, 15) is 5.11 Å². The lowest BCUT2D eigenvalue weighted by Crippen LogP contribution is -2.50. The van der Waals surface area contributed by atoms with Gasteiger partial charge in [0.2, 0.25) is 0 Å². The van der Waals surface area contributed by atoms with Gasteiger partial charge in [-0.05, 0) is 32.0 Å². The van der Waals surface area contributed by atoms with E-state index < -0.39 is 14.1 Å². The minimum Gasteiger partial charge on any atom is -0.414 e. The molecule has 1 fully saturated rings. The first-order valence-corrected chi connectivity index (χ1v) is 10.9. The Labute approximate surface area is 131 Å². The first-order chi connectivity index (χ1) is 9.38. The molecule has 1 aliphatic heterocycles. The summed E-state index contributed by atoms with van der Waals surface area (Å²) < 4.78 is 18.2. The molecule has 1 saturated heterocycles. The monoisotopic (exact) mass is 318 g/mol. The van der Waals surface area contributed by atoms with Crippen LogP contribution >= 0.6 is 0 Å². The highest BCUT2D eigenvalue weighted by atomic mass is 28.4. The summed E-state index contributed by atoms with van der Waals surface area (Å²) in [4.78, 5) is 0. The average Bonchev–Trinajstić information content (AvgIpc) is 2.32. The van der Waals surface area contributed by atoms with Crippen LogP contribution in [-0.2, 0) is 13.9 Å². The standard InChI is InChI=1S/C16H34O4Si/c1-12(10-17)14-9-13(19-16(5,6)20-14)11-18-21(7,8)15(2,3)4/h12-14,17H,9-11H2,1-8H3/t12-,13+,14+/m1/s1. The number of hydrogen-bond acceptors (Lipinski definition) is 4. The quantitative estimate of drug-likeness (QED) is 0.788. The summed E-state index contributed by atoms with van der Waals surface area (Å²) in [6.45, 7) is 17.9. The Balaban J connectivity index is 2.66. The van der Waals surface area contributed by atoms with Gasteiger partial charge in [-0.1, -0.05) is 27.7 Å². The first-order valence-electron chi connectivity index (χ1n) is 7.98. The Morgan fingerprint density at radius 2 is 1.86 bits per heavy atom. The summed E-state index contributed by atoms with van der Waals surface area (Å²) in [6.07, 6.45) is 0.827. The van der Waals surface area contributed by atoms with Crippen LogP contribution in [-0.4, -0.2) is 44.6 Å². The van der Waals surface area contributed by atoms with Gasteiger partial charge in [-0.2, -0.15) is 0 Å². The Kier molecular flexibility index (Phi) is 6.06. The van der Waals surface area contributed by atoms with Gasteiger partial charge < -0.3 is 19.0 Å². The molecule has 4 nitrogen and oxygen atoms in total. The summed E-state index contributed by atoms with van der Waals surface area (Å²) in [5, 5.41) is 9.56. The lowest BCUT2D eigenvalue weighted by Gasteiger charge is -2.44. The van der Waals surface area contributed by atoms with E-state index in [1.165, 1.54) is 0 Å². The number of aliphatic hydroxyl groups is 1. The zero-order chi connectivity index (χ0) is 16.5. The third-order valence-electron chi connectivity index (χ3n) is 4.74. The van der Waals surface area contributed by atoms with Crippen LogP contribution in [0.3, 0.4) is 0 Å². The summed E-state index contributed by atoms with van der Waals surface area (Å²) in [5.74, 6) is -0.503. The van der Waals surface area contributed by atoms with E-state index in [1.54, 1.807) is 0 Å². The van der Waals surface area contributed by atoms with E-state index >= 15 is 0 Å². The van der Waals surface area contributed by atoms with Crippen LogP contribution in [0.15, 0.2) is 0 Å². The van der Waals surface area contributed by atoms with Crippen LogP contribution in [0, 0.1) is 5.92 Å². The molecule has 0 aliphatic carbocycles. The van der Waals surface area contributed by atoms with Crippen LogP contribution in [0.1, 0.15) is 48.0 Å². The molecule has 3 atom stereocenters. The van der Waals surface area contributed by atoms with E-state index in [-0.39, 0.29) is 29.8 Å². The predicted octanol–water partition coefficient (Wildman–Crippen LogP) is 3.55. The fraction of sp³-hybridized carbons (Fsp3) is 1.00. The molecule has 0 unspecified atom stereocenters. The van der Waals surface area contributed by atoms with Gasteiger partial charge in [-0.15, -0.1) is 0 Å². The maximum atomic E-state index is 9.36. The normalized spacial score (nSPS) is 28.4. The molecule has 1 aliphatic rings. The van der Waals surface area contributed by atoms with Crippen molar-refractivity contribution in [2.45, 2.75) is 84.1 Å². The van der Waals surface area contributed by atoms with Gasteiger partial charge in [0, 0.05) is 18.9 Å². The molecule has 0 aromatic rings. The van der Waals surface area contributed by atoms with Crippen molar-refractivity contribution in [3.63, 3.8) is 0 Å². The largest absolute Gasteiger partial charge is 0.414 e. The third kappa shape index (κ3) is 5.32. The summed E-state index contributed by atoms with van der Waals surface area (Å²) in [7, 11) is -1.76. The molecule has 0 aromatic heterocycles. The van der Waals surface area contributed by atoms with Gasteiger partial charge >= 0.3 is 0 Å². The Morgan fingerprint density at radius 3 is 2.33 bits per heavy atom. The molecule has 21 heavy (non-hydrogen) atoms. The molecule has 0 amide bonds. The SMILES string of the molecule is C[C@H](CO)[C@@H]1C[C@@H](CO[Si](C)(C)C(C)(C)C)OC(C)(C)O1. The topological polar surface area (TPSA) is 47.9 Å². The molecular formula is C16H34O4Si. The van der Waals surface area contributed by atoms with Gasteiger partial charge in [0.25, 0.3) is 0 Å². The zero-order valence-electron chi connectivity index (χ0n) is 15.0. The minimum atomic E-state index is -1.76. The van der Waals surface area contributed by atoms with Crippen molar-refractivity contribution in [2.75, 3.05) is 13.2 Å². The minimum absolute atomic E-state index is 0.0202. The van der Waals surface area contributed by atoms with Gasteiger partial charge in [-0.25, -0.2) is 0 Å². The molecule has 126 valence electrons. The molecule has 1 heterocycles. The third-order valence-corrected chi connectivity index (χ3v) is 9.24. The molecule has 1 N–H and O–H groups in total. The highest BCUT2D eigenvalue weighted by Crippen LogP contribution is 2.37. The average molecular weight is 319 g/mol. The second kappa shape index (κ2) is 6.67. The first kappa shape index (κ1) is 19.1. The molecule has 0 bridgehead atoms. The van der Waals surface area contributed by atoms with Gasteiger partial charge in [0.1, 0.15) is 0 Å². The fourth-order valence-corrected chi connectivity index (χ4v) is 3.27. The van der Waals surface area contributed by atoms with Crippen LogP contribution in [0.5, 0.6) is 0 Å². The van der Waals surface area contributed by atoms with Crippen LogP contribution < -0.4 is 0 Å². The number of aliphatic hydroxyl groups excluding tert-OH is 1. The predicted molar refractivity (Wildman–Crippen MR) is 87.8 cm³/mol. The molecular weight excluding hydrogens is 284 g/mol. The zero-order valence-corrected chi connectivity index (χ0v) is 16.0. The Morgan fingerprint density at radius 1 is 1.29 bits per heavy atom. The molecule has 5 heteroatoms. The summed E-state index contributed by atoms with van der Waals surface area (Å²) >= 11 is 0. The van der Waals surface area contributed by atoms with Crippen molar-refractivity contribution in [1.82, 2.24) is 0 Å². The van der Waals surface area contributed by atoms with Crippen molar-refractivity contribution >= 4 is 8.32 Å². The van der Waals surface area contributed by atoms with Crippen molar-refractivity contribution in [3.05, 3.63) is 0 Å². The van der Waals surface area contributed by atoms with Crippen molar-refractivity contribution in [3.8, 4) is 0 Å². The van der Waals surface area contributed by atoms with Gasteiger partial charge in [-0.3, -0.25) is 0 Å². The number of rotatable bonds is 5. The molecule has 0 aromatic carbocycles. The smallest absolute Gasteiger partial charge is 0.192 e. The maximum absolute atomic E-state index is 9.36. The van der Waals surface area contributed by atoms with Crippen molar-refractivity contribution < 1.29 is 19.0 Å². The second-order valence-corrected chi connectivity index (χ2v) is 13.1. The number of ether oxygens (including phenoxy) is 2. The Hall–Kier alpha value is 0.0569. The fourth-order valence-electron chi connectivity index (χ4n) is 2.23. The van der Waals surface area contributed by atoms with Gasteiger partial charge in [0.05, 0.1) is 18.8 Å². The molecule has 1 rings (SSSR count).